The van der Waals surface area contributed by atoms with E-state index in [4.69, 9.17) is 16.3 Å². The van der Waals surface area contributed by atoms with Crippen molar-refractivity contribution in [2.45, 2.75) is 6.54 Å². The number of aromatic amines is 1. The minimum Gasteiger partial charge on any atom is -0.465 e. The van der Waals surface area contributed by atoms with E-state index in [1.165, 1.54) is 13.2 Å². The van der Waals surface area contributed by atoms with Crippen molar-refractivity contribution in [2.24, 2.45) is 0 Å². The molecule has 25 heavy (non-hydrogen) atoms. The lowest BCUT2D eigenvalue weighted by molar-refractivity contribution is 0.0600. The van der Waals surface area contributed by atoms with Crippen molar-refractivity contribution in [2.75, 3.05) is 12.4 Å². The van der Waals surface area contributed by atoms with Gasteiger partial charge in [0.05, 0.1) is 23.3 Å². The summed E-state index contributed by atoms with van der Waals surface area (Å²) in [5.74, 6) is -1.18. The minimum absolute atomic E-state index is 0.0851. The van der Waals surface area contributed by atoms with Gasteiger partial charge in [0, 0.05) is 17.5 Å². The van der Waals surface area contributed by atoms with Crippen LogP contribution in [-0.2, 0) is 11.3 Å². The number of halogens is 2. The van der Waals surface area contributed by atoms with Gasteiger partial charge in [-0.25, -0.2) is 9.18 Å². The summed E-state index contributed by atoms with van der Waals surface area (Å²) in [5.41, 5.74) is 0.208. The van der Waals surface area contributed by atoms with Crippen LogP contribution < -0.4 is 10.9 Å². The number of H-pyrrole nitrogens is 1. The second-order valence-electron chi connectivity index (χ2n) is 5.30. The van der Waals surface area contributed by atoms with Gasteiger partial charge in [-0.1, -0.05) is 41.9 Å². The molecule has 0 aliphatic carbocycles. The molecule has 0 amide bonds. The fraction of sp³-hybridized carbons (Fsp3) is 0.111. The second-order valence-corrected chi connectivity index (χ2v) is 5.71. The number of carbonyl (C=O) groups excluding carboxylic acids is 1. The molecule has 0 bridgehead atoms. The van der Waals surface area contributed by atoms with Gasteiger partial charge in [0.1, 0.15) is 11.4 Å². The van der Waals surface area contributed by atoms with E-state index < -0.39 is 11.5 Å². The van der Waals surface area contributed by atoms with Gasteiger partial charge in [-0.15, -0.1) is 0 Å². The molecule has 7 heteroatoms. The Morgan fingerprint density at radius 2 is 2.00 bits per heavy atom. The largest absolute Gasteiger partial charge is 0.465 e. The zero-order chi connectivity index (χ0) is 18.0. The number of carbonyl (C=O) groups is 1. The van der Waals surface area contributed by atoms with Gasteiger partial charge in [-0.2, -0.15) is 0 Å². The molecule has 128 valence electrons. The van der Waals surface area contributed by atoms with Crippen LogP contribution in [0.15, 0.2) is 47.3 Å². The molecule has 0 saturated carbocycles. The van der Waals surface area contributed by atoms with E-state index in [2.05, 4.69) is 10.3 Å². The topological polar surface area (TPSA) is 71.2 Å². The molecular formula is C18H14ClFN2O3. The Morgan fingerprint density at radius 3 is 2.72 bits per heavy atom. The number of rotatable bonds is 4. The Hall–Kier alpha value is -2.86. The summed E-state index contributed by atoms with van der Waals surface area (Å²) < 4.78 is 18.6. The molecule has 0 spiro atoms. The molecule has 5 nitrogen and oxygen atoms in total. The molecule has 3 aromatic rings. The Balaban J connectivity index is 2.16. The number of para-hydroxylation sites is 1. The number of benzene rings is 2. The molecule has 0 saturated heterocycles. The predicted molar refractivity (Wildman–Crippen MR) is 94.6 cm³/mol. The number of ether oxygens (including phenoxy) is 1. The summed E-state index contributed by atoms with van der Waals surface area (Å²) in [7, 11) is 1.19. The first-order chi connectivity index (χ1) is 12.0. The average molecular weight is 361 g/mol. The fourth-order valence-electron chi connectivity index (χ4n) is 2.59. The number of esters is 1. The van der Waals surface area contributed by atoms with Crippen molar-refractivity contribution in [1.82, 2.24) is 4.98 Å². The number of fused-ring (bicyclic) bond motifs is 1. The smallest absolute Gasteiger partial charge is 0.345 e. The van der Waals surface area contributed by atoms with E-state index in [0.29, 0.717) is 21.5 Å². The van der Waals surface area contributed by atoms with Crippen molar-refractivity contribution >= 4 is 34.2 Å². The summed E-state index contributed by atoms with van der Waals surface area (Å²) in [6.07, 6.45) is 0. The number of anilines is 1. The van der Waals surface area contributed by atoms with Crippen LogP contribution in [0, 0.1) is 5.82 Å². The number of aromatic nitrogens is 1. The zero-order valence-electron chi connectivity index (χ0n) is 13.2. The van der Waals surface area contributed by atoms with Gasteiger partial charge >= 0.3 is 5.97 Å². The number of pyridine rings is 1. The zero-order valence-corrected chi connectivity index (χ0v) is 14.0. The fourth-order valence-corrected chi connectivity index (χ4v) is 2.81. The van der Waals surface area contributed by atoms with Crippen LogP contribution in [0.2, 0.25) is 5.02 Å². The maximum atomic E-state index is 13.9. The molecule has 1 aromatic heterocycles. The highest BCUT2D eigenvalue weighted by Crippen LogP contribution is 2.29. The minimum atomic E-state index is -0.792. The average Bonchev–Trinajstić information content (AvgIpc) is 2.61. The van der Waals surface area contributed by atoms with Gasteiger partial charge in [-0.3, -0.25) is 4.79 Å². The SMILES string of the molecule is COC(=O)c1c(NCc2ccccc2F)c2cccc(Cl)c2[nH]c1=O. The van der Waals surface area contributed by atoms with E-state index in [9.17, 15) is 14.0 Å². The molecule has 0 unspecified atom stereocenters. The molecule has 3 rings (SSSR count). The number of hydrogen-bond donors (Lipinski definition) is 2. The lowest BCUT2D eigenvalue weighted by Crippen LogP contribution is -2.22. The van der Waals surface area contributed by atoms with Crippen LogP contribution in [0.4, 0.5) is 10.1 Å². The highest BCUT2D eigenvalue weighted by Gasteiger charge is 2.21. The standard InChI is InChI=1S/C18H14ClFN2O3/c1-25-18(24)14-16(21-9-10-5-2-3-8-13(10)20)11-6-4-7-12(19)15(11)22-17(14)23/h2-8H,9H2,1H3,(H2,21,22,23). The van der Waals surface area contributed by atoms with E-state index in [0.717, 1.165) is 0 Å². The van der Waals surface area contributed by atoms with Gasteiger partial charge in [0.2, 0.25) is 0 Å². The lowest BCUT2D eigenvalue weighted by Gasteiger charge is -2.14. The molecule has 1 heterocycles. The Labute approximate surface area is 147 Å². The maximum absolute atomic E-state index is 13.9. The van der Waals surface area contributed by atoms with Crippen LogP contribution in [0.3, 0.4) is 0 Å². The summed E-state index contributed by atoms with van der Waals surface area (Å²) in [6, 6.07) is 11.3. The monoisotopic (exact) mass is 360 g/mol. The first-order valence-electron chi connectivity index (χ1n) is 7.43. The highest BCUT2D eigenvalue weighted by molar-refractivity contribution is 6.35. The molecule has 0 radical (unpaired) electrons. The molecule has 2 aromatic carbocycles. The predicted octanol–water partition coefficient (Wildman–Crippen LogP) is 3.72. The molecule has 2 N–H and O–H groups in total. The van der Waals surface area contributed by atoms with Crippen molar-refractivity contribution in [3.8, 4) is 0 Å². The first-order valence-corrected chi connectivity index (χ1v) is 7.81. The van der Waals surface area contributed by atoms with E-state index >= 15 is 0 Å². The highest BCUT2D eigenvalue weighted by atomic mass is 35.5. The Bertz CT molecular complexity index is 1020. The van der Waals surface area contributed by atoms with Gasteiger partial charge < -0.3 is 15.0 Å². The van der Waals surface area contributed by atoms with Crippen molar-refractivity contribution in [3.05, 3.63) is 74.8 Å². The Kier molecular flexibility index (Phi) is 4.72. The number of hydrogen-bond acceptors (Lipinski definition) is 4. The van der Waals surface area contributed by atoms with Gasteiger partial charge in [0.25, 0.3) is 5.56 Å². The van der Waals surface area contributed by atoms with E-state index in [1.807, 2.05) is 0 Å². The molecule has 0 aliphatic rings. The van der Waals surface area contributed by atoms with Crippen LogP contribution >= 0.6 is 11.6 Å². The third-order valence-corrected chi connectivity index (χ3v) is 4.12. The van der Waals surface area contributed by atoms with Gasteiger partial charge in [0.15, 0.2) is 0 Å². The van der Waals surface area contributed by atoms with Crippen LogP contribution in [-0.4, -0.2) is 18.1 Å². The van der Waals surface area contributed by atoms with Crippen molar-refractivity contribution in [3.63, 3.8) is 0 Å². The first kappa shape index (κ1) is 17.0. The van der Waals surface area contributed by atoms with Gasteiger partial charge in [-0.05, 0) is 12.1 Å². The quantitative estimate of drug-likeness (QED) is 0.696. The summed E-state index contributed by atoms with van der Waals surface area (Å²) in [6.45, 7) is 0.0851. The lowest BCUT2D eigenvalue weighted by atomic mass is 10.1. The van der Waals surface area contributed by atoms with Crippen molar-refractivity contribution < 1.29 is 13.9 Å². The third kappa shape index (κ3) is 3.21. The van der Waals surface area contributed by atoms with Crippen LogP contribution in [0.1, 0.15) is 15.9 Å². The molecule has 0 fully saturated rings. The van der Waals surface area contributed by atoms with E-state index in [1.54, 1.807) is 36.4 Å². The molecule has 0 atom stereocenters. The van der Waals surface area contributed by atoms with Crippen molar-refractivity contribution in [1.29, 1.82) is 0 Å². The summed E-state index contributed by atoms with van der Waals surface area (Å²) in [5, 5.41) is 3.84. The third-order valence-electron chi connectivity index (χ3n) is 3.80. The molecular weight excluding hydrogens is 347 g/mol. The number of methoxy groups -OCH3 is 1. The Morgan fingerprint density at radius 1 is 1.24 bits per heavy atom. The summed E-state index contributed by atoms with van der Waals surface area (Å²) >= 11 is 6.14. The van der Waals surface area contributed by atoms with Crippen LogP contribution in [0.25, 0.3) is 10.9 Å². The summed E-state index contributed by atoms with van der Waals surface area (Å²) in [4.78, 5) is 27.0. The van der Waals surface area contributed by atoms with Crippen LogP contribution in [0.5, 0.6) is 0 Å². The normalized spacial score (nSPS) is 10.7. The second kappa shape index (κ2) is 6.94. The van der Waals surface area contributed by atoms with E-state index in [-0.39, 0.29) is 23.6 Å². The number of nitrogens with one attached hydrogen (secondary N) is 2. The molecule has 0 aliphatic heterocycles. The maximum Gasteiger partial charge on any atom is 0.345 e.